The van der Waals surface area contributed by atoms with Crippen molar-refractivity contribution in [3.63, 3.8) is 0 Å². The molecule has 2 aromatic rings. The van der Waals surface area contributed by atoms with Crippen molar-refractivity contribution in [2.45, 2.75) is 6.04 Å². The van der Waals surface area contributed by atoms with Gasteiger partial charge in [0.25, 0.3) is 5.89 Å². The van der Waals surface area contributed by atoms with Crippen LogP contribution in [0.15, 0.2) is 16.7 Å². The Morgan fingerprint density at radius 1 is 1.12 bits per heavy atom. The van der Waals surface area contributed by atoms with Gasteiger partial charge in [-0.3, -0.25) is 4.90 Å². The first-order valence-electron chi connectivity index (χ1n) is 7.73. The van der Waals surface area contributed by atoms with Crippen molar-refractivity contribution < 1.29 is 18.7 Å². The number of rotatable bonds is 5. The Morgan fingerprint density at radius 2 is 1.83 bits per heavy atom. The van der Waals surface area contributed by atoms with Crippen molar-refractivity contribution in [3.05, 3.63) is 18.0 Å². The molecule has 130 valence electrons. The van der Waals surface area contributed by atoms with Gasteiger partial charge in [-0.05, 0) is 7.05 Å². The fraction of sp³-hybridized carbons (Fsp3) is 0.500. The Hall–Kier alpha value is -2.32. The predicted octanol–water partition coefficient (Wildman–Crippen LogP) is 1.34. The first kappa shape index (κ1) is 16.5. The zero-order valence-electron chi connectivity index (χ0n) is 14.3. The van der Waals surface area contributed by atoms with Crippen molar-refractivity contribution in [1.82, 2.24) is 20.4 Å². The molecule has 1 saturated heterocycles. The van der Waals surface area contributed by atoms with Crippen molar-refractivity contribution in [2.75, 3.05) is 48.0 Å². The van der Waals surface area contributed by atoms with E-state index >= 15 is 0 Å². The number of nitrogens with one attached hydrogen (secondary N) is 1. The highest BCUT2D eigenvalue weighted by molar-refractivity contribution is 5.68. The topological polar surface area (TPSA) is 81.9 Å². The third kappa shape index (κ3) is 3.02. The highest BCUT2D eigenvalue weighted by Crippen LogP contribution is 2.39. The summed E-state index contributed by atoms with van der Waals surface area (Å²) in [5.74, 6) is 2.77. The van der Waals surface area contributed by atoms with Crippen molar-refractivity contribution in [1.29, 1.82) is 0 Å². The molecule has 0 radical (unpaired) electrons. The molecule has 8 nitrogen and oxygen atoms in total. The minimum Gasteiger partial charge on any atom is -0.496 e. The van der Waals surface area contributed by atoms with E-state index in [9.17, 15) is 0 Å². The Labute approximate surface area is 140 Å². The first-order chi connectivity index (χ1) is 11.7. The van der Waals surface area contributed by atoms with Gasteiger partial charge in [0.2, 0.25) is 0 Å². The maximum atomic E-state index is 5.48. The van der Waals surface area contributed by atoms with Gasteiger partial charge in [0.05, 0.1) is 32.9 Å². The molecular weight excluding hydrogens is 312 g/mol. The van der Waals surface area contributed by atoms with Gasteiger partial charge in [-0.2, -0.15) is 4.98 Å². The molecule has 1 N–H and O–H groups in total. The van der Waals surface area contributed by atoms with Gasteiger partial charge in [-0.1, -0.05) is 5.16 Å². The molecule has 2 heterocycles. The van der Waals surface area contributed by atoms with Crippen LogP contribution in [0.2, 0.25) is 0 Å². The molecule has 0 saturated carbocycles. The third-order valence-electron chi connectivity index (χ3n) is 4.19. The van der Waals surface area contributed by atoms with Crippen LogP contribution in [0, 0.1) is 0 Å². The lowest BCUT2D eigenvalue weighted by Gasteiger charge is -2.30. The summed E-state index contributed by atoms with van der Waals surface area (Å²) in [5, 5.41) is 7.49. The average molecular weight is 334 g/mol. The summed E-state index contributed by atoms with van der Waals surface area (Å²) in [6.45, 7) is 2.69. The molecular formula is C16H22N4O4. The third-order valence-corrected chi connectivity index (χ3v) is 4.19. The van der Waals surface area contributed by atoms with Gasteiger partial charge in [-0.25, -0.2) is 0 Å². The summed E-state index contributed by atoms with van der Waals surface area (Å²) in [6.07, 6.45) is 0. The average Bonchev–Trinajstić information content (AvgIpc) is 3.10. The fourth-order valence-electron chi connectivity index (χ4n) is 2.77. The molecule has 1 atom stereocenters. The van der Waals surface area contributed by atoms with E-state index in [1.807, 2.05) is 0 Å². The van der Waals surface area contributed by atoms with Gasteiger partial charge < -0.3 is 24.1 Å². The largest absolute Gasteiger partial charge is 0.496 e. The molecule has 0 bridgehead atoms. The monoisotopic (exact) mass is 334 g/mol. The van der Waals surface area contributed by atoms with E-state index in [1.165, 1.54) is 0 Å². The number of hydrogen-bond donors (Lipinski definition) is 1. The van der Waals surface area contributed by atoms with E-state index in [4.69, 9.17) is 18.7 Å². The Morgan fingerprint density at radius 3 is 2.50 bits per heavy atom. The molecule has 1 aromatic heterocycles. The molecule has 1 fully saturated rings. The van der Waals surface area contributed by atoms with Crippen LogP contribution < -0.4 is 19.5 Å². The van der Waals surface area contributed by atoms with E-state index in [2.05, 4.69) is 27.4 Å². The zero-order valence-corrected chi connectivity index (χ0v) is 14.3. The predicted molar refractivity (Wildman–Crippen MR) is 87.6 cm³/mol. The lowest BCUT2D eigenvalue weighted by molar-refractivity contribution is 0.190. The van der Waals surface area contributed by atoms with Crippen molar-refractivity contribution in [3.8, 4) is 28.7 Å². The molecule has 0 aliphatic carbocycles. The summed E-state index contributed by atoms with van der Waals surface area (Å²) in [6, 6.07) is 3.60. The molecule has 1 aromatic carbocycles. The molecule has 3 rings (SSSR count). The number of hydrogen-bond acceptors (Lipinski definition) is 8. The Kier molecular flexibility index (Phi) is 4.86. The molecule has 8 heteroatoms. The fourth-order valence-corrected chi connectivity index (χ4v) is 2.77. The minimum absolute atomic E-state index is 0.0855. The summed E-state index contributed by atoms with van der Waals surface area (Å²) < 4.78 is 21.6. The second-order valence-electron chi connectivity index (χ2n) is 5.57. The quantitative estimate of drug-likeness (QED) is 0.877. The van der Waals surface area contributed by atoms with Crippen LogP contribution in [0.4, 0.5) is 0 Å². The molecule has 0 spiro atoms. The standard InChI is InChI=1S/C16H22N4O4/c1-20-6-5-17-9-11(20)15-18-16(24-19-15)10-7-13(22-3)14(23-4)8-12(10)21-2/h7-8,11,17H,5-6,9H2,1-4H3. The Balaban J connectivity index is 1.97. The Bertz CT molecular complexity index is 703. The molecule has 0 amide bonds. The van der Waals surface area contributed by atoms with Gasteiger partial charge in [-0.15, -0.1) is 0 Å². The van der Waals surface area contributed by atoms with Gasteiger partial charge in [0.15, 0.2) is 17.3 Å². The number of benzene rings is 1. The second kappa shape index (κ2) is 7.06. The number of aromatic nitrogens is 2. The van der Waals surface area contributed by atoms with E-state index < -0.39 is 0 Å². The van der Waals surface area contributed by atoms with E-state index in [-0.39, 0.29) is 6.04 Å². The molecule has 1 aliphatic heterocycles. The second-order valence-corrected chi connectivity index (χ2v) is 5.57. The maximum absolute atomic E-state index is 5.48. The van der Waals surface area contributed by atoms with E-state index in [1.54, 1.807) is 33.5 Å². The summed E-state index contributed by atoms with van der Waals surface area (Å²) in [4.78, 5) is 6.76. The highest BCUT2D eigenvalue weighted by atomic mass is 16.5. The van der Waals surface area contributed by atoms with Crippen molar-refractivity contribution in [2.24, 2.45) is 0 Å². The number of methoxy groups -OCH3 is 3. The smallest absolute Gasteiger partial charge is 0.261 e. The van der Waals surface area contributed by atoms with E-state index in [0.717, 1.165) is 19.6 Å². The number of piperazine rings is 1. The van der Waals surface area contributed by atoms with Gasteiger partial charge >= 0.3 is 0 Å². The number of ether oxygens (including phenoxy) is 3. The van der Waals surface area contributed by atoms with E-state index in [0.29, 0.717) is 34.5 Å². The van der Waals surface area contributed by atoms with Crippen LogP contribution in [-0.2, 0) is 0 Å². The lowest BCUT2D eigenvalue weighted by atomic mass is 10.1. The van der Waals surface area contributed by atoms with Crippen LogP contribution in [0.3, 0.4) is 0 Å². The molecule has 1 aliphatic rings. The van der Waals surface area contributed by atoms with Crippen LogP contribution in [0.25, 0.3) is 11.5 Å². The van der Waals surface area contributed by atoms with Crippen LogP contribution in [0.5, 0.6) is 17.2 Å². The van der Waals surface area contributed by atoms with Crippen LogP contribution in [0.1, 0.15) is 11.9 Å². The summed E-state index contributed by atoms with van der Waals surface area (Å²) in [5.41, 5.74) is 0.667. The SMILES string of the molecule is COc1cc(OC)c(-c2nc(C3CNCCN3C)no2)cc1OC. The first-order valence-corrected chi connectivity index (χ1v) is 7.73. The minimum atomic E-state index is 0.0855. The summed E-state index contributed by atoms with van der Waals surface area (Å²) >= 11 is 0. The number of likely N-dealkylation sites (N-methyl/N-ethyl adjacent to an activating group) is 1. The van der Waals surface area contributed by atoms with Gasteiger partial charge in [0, 0.05) is 31.8 Å². The lowest BCUT2D eigenvalue weighted by Crippen LogP contribution is -2.44. The van der Waals surface area contributed by atoms with Crippen molar-refractivity contribution >= 4 is 0 Å². The number of nitrogens with zero attached hydrogens (tertiary/aromatic N) is 3. The summed E-state index contributed by atoms with van der Waals surface area (Å²) in [7, 11) is 6.79. The normalized spacial score (nSPS) is 18.4. The zero-order chi connectivity index (χ0) is 17.1. The van der Waals surface area contributed by atoms with Gasteiger partial charge in [0.1, 0.15) is 5.75 Å². The maximum Gasteiger partial charge on any atom is 0.261 e. The molecule has 24 heavy (non-hydrogen) atoms. The van der Waals surface area contributed by atoms with Crippen LogP contribution in [-0.4, -0.2) is 63.1 Å². The van der Waals surface area contributed by atoms with Crippen LogP contribution >= 0.6 is 0 Å². The molecule has 1 unspecified atom stereocenters. The highest BCUT2D eigenvalue weighted by Gasteiger charge is 2.26.